The predicted molar refractivity (Wildman–Crippen MR) is 70.3 cm³/mol. The average Bonchev–Trinajstić information content (AvgIpc) is 2.90. The lowest BCUT2D eigenvalue weighted by Crippen LogP contribution is -2.01. The third-order valence-corrected chi connectivity index (χ3v) is 4.22. The number of carbonyl (C=O) groups excluding carboxylic acids is 1. The summed E-state index contributed by atoms with van der Waals surface area (Å²) in [6, 6.07) is 8.22. The zero-order chi connectivity index (χ0) is 11.2. The lowest BCUT2D eigenvalue weighted by atomic mass is 10.1. The van der Waals surface area contributed by atoms with Crippen molar-refractivity contribution in [1.82, 2.24) is 0 Å². The van der Waals surface area contributed by atoms with Crippen LogP contribution in [-0.2, 0) is 17.6 Å². The topological polar surface area (TPSA) is 17.1 Å². The number of ketones is 1. The van der Waals surface area contributed by atoms with Gasteiger partial charge < -0.3 is 0 Å². The van der Waals surface area contributed by atoms with Crippen molar-refractivity contribution in [2.75, 3.05) is 0 Å². The fourth-order valence-electron chi connectivity index (χ4n) is 1.61. The zero-order valence-corrected chi connectivity index (χ0v) is 10.7. The largest absolute Gasteiger partial charge is 0.299 e. The van der Waals surface area contributed by atoms with Gasteiger partial charge in [0.25, 0.3) is 0 Å². The average molecular weight is 250 g/mol. The molecule has 0 saturated carbocycles. The number of hydrogen-bond acceptors (Lipinski definition) is 3. The van der Waals surface area contributed by atoms with Gasteiger partial charge in [0.05, 0.1) is 0 Å². The number of carbonyl (C=O) groups is 1. The molecule has 0 amide bonds. The van der Waals surface area contributed by atoms with Crippen LogP contribution in [-0.4, -0.2) is 5.78 Å². The summed E-state index contributed by atoms with van der Waals surface area (Å²) in [6.07, 6.45) is 3.33. The van der Waals surface area contributed by atoms with Crippen molar-refractivity contribution in [1.29, 1.82) is 0 Å². The first-order valence-corrected chi connectivity index (χ1v) is 7.17. The molecule has 0 fully saturated rings. The predicted octanol–water partition coefficient (Wildman–Crippen LogP) is 3.94. The van der Waals surface area contributed by atoms with Crippen molar-refractivity contribution < 1.29 is 4.79 Å². The summed E-state index contributed by atoms with van der Waals surface area (Å²) in [4.78, 5) is 14.2. The Labute approximate surface area is 104 Å². The minimum absolute atomic E-state index is 0.360. The number of hydrogen-bond donors (Lipinski definition) is 0. The van der Waals surface area contributed by atoms with Crippen LogP contribution >= 0.6 is 22.7 Å². The Bertz CT molecular complexity index is 415. The molecule has 0 saturated heterocycles. The van der Waals surface area contributed by atoms with E-state index in [2.05, 4.69) is 17.5 Å². The first-order valence-electron chi connectivity index (χ1n) is 5.41. The summed E-state index contributed by atoms with van der Waals surface area (Å²) in [5.41, 5.74) is 0. The van der Waals surface area contributed by atoms with Crippen LogP contribution in [0.5, 0.6) is 0 Å². The molecule has 84 valence electrons. The zero-order valence-electron chi connectivity index (χ0n) is 9.02. The fourth-order valence-corrected chi connectivity index (χ4v) is 3.10. The second-order valence-electron chi connectivity index (χ2n) is 3.73. The second-order valence-corrected chi connectivity index (χ2v) is 5.79. The summed E-state index contributed by atoms with van der Waals surface area (Å²) in [6.45, 7) is 0. The summed E-state index contributed by atoms with van der Waals surface area (Å²) >= 11 is 3.43. The number of aryl methyl sites for hydroxylation is 1. The van der Waals surface area contributed by atoms with Gasteiger partial charge in [0.1, 0.15) is 5.78 Å². The maximum atomic E-state index is 11.6. The molecule has 0 aliphatic carbocycles. The summed E-state index contributed by atoms with van der Waals surface area (Å²) in [7, 11) is 0. The standard InChI is InChI=1S/C13H14OS2/c14-11(10-13-7-3-9-16-13)4-1-5-12-6-2-8-15-12/h2-3,6-9H,1,4-5,10H2. The molecule has 0 aliphatic rings. The van der Waals surface area contributed by atoms with Crippen LogP contribution in [0, 0.1) is 0 Å². The lowest BCUT2D eigenvalue weighted by Gasteiger charge is -1.98. The van der Waals surface area contributed by atoms with Gasteiger partial charge in [-0.05, 0) is 35.7 Å². The van der Waals surface area contributed by atoms with E-state index >= 15 is 0 Å². The van der Waals surface area contributed by atoms with E-state index in [1.165, 1.54) is 9.75 Å². The van der Waals surface area contributed by atoms with Crippen LogP contribution in [0.2, 0.25) is 0 Å². The first-order chi connectivity index (χ1) is 7.84. The van der Waals surface area contributed by atoms with E-state index < -0.39 is 0 Å². The summed E-state index contributed by atoms with van der Waals surface area (Å²) in [5, 5.41) is 4.11. The maximum absolute atomic E-state index is 11.6. The molecule has 0 spiro atoms. The van der Waals surface area contributed by atoms with Crippen LogP contribution in [0.1, 0.15) is 22.6 Å². The molecule has 2 rings (SSSR count). The third kappa shape index (κ3) is 3.58. The van der Waals surface area contributed by atoms with E-state index in [0.29, 0.717) is 18.6 Å². The van der Waals surface area contributed by atoms with Crippen LogP contribution < -0.4 is 0 Å². The molecule has 0 bridgehead atoms. The summed E-state index contributed by atoms with van der Waals surface area (Å²) < 4.78 is 0. The fraction of sp³-hybridized carbons (Fsp3) is 0.308. The van der Waals surface area contributed by atoms with Crippen molar-refractivity contribution in [2.45, 2.75) is 25.7 Å². The quantitative estimate of drug-likeness (QED) is 0.759. The molecular weight excluding hydrogens is 236 g/mol. The van der Waals surface area contributed by atoms with E-state index in [9.17, 15) is 4.79 Å². The van der Waals surface area contributed by atoms with Crippen LogP contribution in [0.4, 0.5) is 0 Å². The molecule has 0 unspecified atom stereocenters. The Morgan fingerprint density at radius 3 is 2.38 bits per heavy atom. The summed E-state index contributed by atoms with van der Waals surface area (Å²) in [5.74, 6) is 0.360. The van der Waals surface area contributed by atoms with Crippen molar-refractivity contribution in [3.63, 3.8) is 0 Å². The Balaban J connectivity index is 1.68. The smallest absolute Gasteiger partial charge is 0.138 e. The van der Waals surface area contributed by atoms with Crippen molar-refractivity contribution in [2.24, 2.45) is 0 Å². The van der Waals surface area contributed by atoms with Crippen molar-refractivity contribution in [3.8, 4) is 0 Å². The molecular formula is C13H14OS2. The Morgan fingerprint density at radius 1 is 1.06 bits per heavy atom. The molecule has 0 radical (unpaired) electrons. The Hall–Kier alpha value is -0.930. The lowest BCUT2D eigenvalue weighted by molar-refractivity contribution is -0.118. The molecule has 0 atom stereocenters. The van der Waals surface area contributed by atoms with Gasteiger partial charge in [-0.3, -0.25) is 4.79 Å². The maximum Gasteiger partial charge on any atom is 0.138 e. The minimum Gasteiger partial charge on any atom is -0.299 e. The molecule has 0 aromatic carbocycles. The number of rotatable bonds is 6. The third-order valence-electron chi connectivity index (χ3n) is 2.41. The highest BCUT2D eigenvalue weighted by molar-refractivity contribution is 7.10. The van der Waals surface area contributed by atoms with Gasteiger partial charge in [0.2, 0.25) is 0 Å². The van der Waals surface area contributed by atoms with Crippen LogP contribution in [0.15, 0.2) is 35.0 Å². The van der Waals surface area contributed by atoms with E-state index in [1.807, 2.05) is 17.5 Å². The van der Waals surface area contributed by atoms with Gasteiger partial charge in [0.15, 0.2) is 0 Å². The Kier molecular flexibility index (Phi) is 4.31. The van der Waals surface area contributed by atoms with Gasteiger partial charge in [-0.25, -0.2) is 0 Å². The molecule has 16 heavy (non-hydrogen) atoms. The SMILES string of the molecule is O=C(CCCc1cccs1)Cc1cccs1. The molecule has 3 heteroatoms. The van der Waals surface area contributed by atoms with E-state index in [-0.39, 0.29) is 0 Å². The number of thiophene rings is 2. The molecule has 0 N–H and O–H groups in total. The monoisotopic (exact) mass is 250 g/mol. The van der Waals surface area contributed by atoms with E-state index in [4.69, 9.17) is 0 Å². The van der Waals surface area contributed by atoms with Crippen LogP contribution in [0.3, 0.4) is 0 Å². The van der Waals surface area contributed by atoms with Gasteiger partial charge in [0, 0.05) is 22.6 Å². The second kappa shape index (κ2) is 5.97. The van der Waals surface area contributed by atoms with Gasteiger partial charge >= 0.3 is 0 Å². The van der Waals surface area contributed by atoms with Gasteiger partial charge in [-0.15, -0.1) is 22.7 Å². The highest BCUT2D eigenvalue weighted by Gasteiger charge is 2.04. The molecule has 0 aliphatic heterocycles. The van der Waals surface area contributed by atoms with Crippen LogP contribution in [0.25, 0.3) is 0 Å². The highest BCUT2D eigenvalue weighted by atomic mass is 32.1. The molecule has 2 aromatic rings. The molecule has 2 aromatic heterocycles. The van der Waals surface area contributed by atoms with Gasteiger partial charge in [-0.1, -0.05) is 12.1 Å². The molecule has 2 heterocycles. The minimum atomic E-state index is 0.360. The van der Waals surface area contributed by atoms with Crippen molar-refractivity contribution >= 4 is 28.5 Å². The van der Waals surface area contributed by atoms with E-state index in [1.54, 1.807) is 22.7 Å². The highest BCUT2D eigenvalue weighted by Crippen LogP contribution is 2.14. The van der Waals surface area contributed by atoms with Gasteiger partial charge in [-0.2, -0.15) is 0 Å². The first kappa shape index (κ1) is 11.6. The number of Topliss-reactive ketones (excluding diaryl/α,β-unsaturated/α-hetero) is 1. The van der Waals surface area contributed by atoms with Crippen molar-refractivity contribution in [3.05, 3.63) is 44.8 Å². The normalized spacial score (nSPS) is 10.5. The molecule has 1 nitrogen and oxygen atoms in total. The van der Waals surface area contributed by atoms with E-state index in [0.717, 1.165) is 12.8 Å². The Morgan fingerprint density at radius 2 is 1.75 bits per heavy atom.